The number of H-pyrrole nitrogens is 1. The molecular weight excluding hydrogens is 348 g/mol. The molecule has 0 aliphatic carbocycles. The van der Waals surface area contributed by atoms with Gasteiger partial charge in [0, 0.05) is 23.0 Å². The Balaban J connectivity index is 1.71. The summed E-state index contributed by atoms with van der Waals surface area (Å²) >= 11 is 0. The normalized spacial score (nSPS) is 11.2. The van der Waals surface area contributed by atoms with Crippen molar-refractivity contribution in [3.8, 4) is 11.3 Å². The van der Waals surface area contributed by atoms with Crippen LogP contribution in [0.2, 0.25) is 0 Å². The molecular formula is C23H18N4O. The first-order valence-corrected chi connectivity index (χ1v) is 8.91. The maximum absolute atomic E-state index is 13.0. The molecule has 0 atom stereocenters. The van der Waals surface area contributed by atoms with Crippen LogP contribution >= 0.6 is 0 Å². The highest BCUT2D eigenvalue weighted by atomic mass is 16.1. The highest BCUT2D eigenvalue weighted by molar-refractivity contribution is 6.11. The predicted molar refractivity (Wildman–Crippen MR) is 111 cm³/mol. The molecule has 0 amide bonds. The fourth-order valence-corrected chi connectivity index (χ4v) is 2.89. The van der Waals surface area contributed by atoms with E-state index in [1.807, 2.05) is 91.0 Å². The van der Waals surface area contributed by atoms with Crippen LogP contribution < -0.4 is 5.32 Å². The molecule has 0 bridgehead atoms. The molecule has 0 aliphatic heterocycles. The van der Waals surface area contributed by atoms with Gasteiger partial charge < -0.3 is 5.32 Å². The van der Waals surface area contributed by atoms with Gasteiger partial charge in [0.2, 0.25) is 5.78 Å². The maximum Gasteiger partial charge on any atom is 0.210 e. The highest BCUT2D eigenvalue weighted by Gasteiger charge is 2.17. The standard InChI is InChI=1S/C23H18N4O/c28-21(23-22(25-27-26-23)18-12-6-2-7-13-18)16-20(17-10-4-1-5-11-17)24-19-14-8-3-9-15-19/h1-16,24H,(H,25,26,27)/b20-16-. The van der Waals surface area contributed by atoms with Gasteiger partial charge in [-0.15, -0.1) is 0 Å². The molecule has 0 saturated heterocycles. The Morgan fingerprint density at radius 1 is 0.786 bits per heavy atom. The van der Waals surface area contributed by atoms with Gasteiger partial charge in [-0.05, 0) is 17.7 Å². The van der Waals surface area contributed by atoms with Crippen LogP contribution in [0.25, 0.3) is 17.0 Å². The number of benzene rings is 3. The number of hydrogen-bond acceptors (Lipinski definition) is 4. The van der Waals surface area contributed by atoms with Crippen molar-refractivity contribution in [2.24, 2.45) is 0 Å². The second kappa shape index (κ2) is 8.14. The Labute approximate surface area is 162 Å². The molecule has 28 heavy (non-hydrogen) atoms. The van der Waals surface area contributed by atoms with Crippen molar-refractivity contribution in [3.05, 3.63) is 108 Å². The van der Waals surface area contributed by atoms with E-state index in [1.54, 1.807) is 6.08 Å². The molecule has 5 heteroatoms. The Hall–Kier alpha value is -3.99. The van der Waals surface area contributed by atoms with E-state index in [2.05, 4.69) is 20.7 Å². The fourth-order valence-electron chi connectivity index (χ4n) is 2.89. The summed E-state index contributed by atoms with van der Waals surface area (Å²) in [7, 11) is 0. The average molecular weight is 366 g/mol. The number of aromatic amines is 1. The zero-order chi connectivity index (χ0) is 19.2. The smallest absolute Gasteiger partial charge is 0.210 e. The van der Waals surface area contributed by atoms with Crippen molar-refractivity contribution in [1.29, 1.82) is 0 Å². The Morgan fingerprint density at radius 2 is 1.39 bits per heavy atom. The van der Waals surface area contributed by atoms with Gasteiger partial charge in [-0.3, -0.25) is 4.79 Å². The summed E-state index contributed by atoms with van der Waals surface area (Å²) in [6.07, 6.45) is 1.56. The van der Waals surface area contributed by atoms with Gasteiger partial charge >= 0.3 is 0 Å². The molecule has 0 fully saturated rings. The van der Waals surface area contributed by atoms with Gasteiger partial charge in [0.1, 0.15) is 5.69 Å². The van der Waals surface area contributed by atoms with Crippen molar-refractivity contribution >= 4 is 17.2 Å². The Morgan fingerprint density at radius 3 is 2.07 bits per heavy atom. The fraction of sp³-hybridized carbons (Fsp3) is 0. The van der Waals surface area contributed by atoms with Crippen molar-refractivity contribution in [2.45, 2.75) is 0 Å². The molecule has 0 radical (unpaired) electrons. The topological polar surface area (TPSA) is 70.7 Å². The monoisotopic (exact) mass is 366 g/mol. The predicted octanol–water partition coefficient (Wildman–Crippen LogP) is 4.81. The number of ketones is 1. The van der Waals surface area contributed by atoms with E-state index < -0.39 is 0 Å². The molecule has 0 saturated carbocycles. The summed E-state index contributed by atoms with van der Waals surface area (Å²) in [5.74, 6) is -0.227. The number of nitrogens with zero attached hydrogens (tertiary/aromatic N) is 2. The van der Waals surface area contributed by atoms with E-state index in [0.29, 0.717) is 11.4 Å². The van der Waals surface area contributed by atoms with Crippen molar-refractivity contribution in [3.63, 3.8) is 0 Å². The van der Waals surface area contributed by atoms with E-state index in [4.69, 9.17) is 0 Å². The zero-order valence-corrected chi connectivity index (χ0v) is 15.0. The molecule has 2 N–H and O–H groups in total. The van der Waals surface area contributed by atoms with Crippen molar-refractivity contribution < 1.29 is 4.79 Å². The summed E-state index contributed by atoms with van der Waals surface area (Å²) in [5, 5.41) is 14.2. The summed E-state index contributed by atoms with van der Waals surface area (Å²) in [6, 6.07) is 29.0. The molecule has 0 unspecified atom stereocenters. The van der Waals surface area contributed by atoms with Gasteiger partial charge in [0.25, 0.3) is 0 Å². The van der Waals surface area contributed by atoms with Gasteiger partial charge in [-0.25, -0.2) is 0 Å². The third-order valence-electron chi connectivity index (χ3n) is 4.24. The van der Waals surface area contributed by atoms with Gasteiger partial charge in [-0.1, -0.05) is 78.9 Å². The number of carbonyl (C=O) groups excluding carboxylic acids is 1. The molecule has 1 heterocycles. The van der Waals surface area contributed by atoms with Crippen LogP contribution in [0.15, 0.2) is 97.1 Å². The summed E-state index contributed by atoms with van der Waals surface area (Å²) in [4.78, 5) is 13.0. The number of allylic oxidation sites excluding steroid dienone is 1. The minimum Gasteiger partial charge on any atom is -0.355 e. The zero-order valence-electron chi connectivity index (χ0n) is 15.0. The van der Waals surface area contributed by atoms with Crippen LogP contribution in [-0.2, 0) is 0 Å². The lowest BCUT2D eigenvalue weighted by Gasteiger charge is -2.11. The van der Waals surface area contributed by atoms with E-state index in [1.165, 1.54) is 0 Å². The third-order valence-corrected chi connectivity index (χ3v) is 4.24. The van der Waals surface area contributed by atoms with E-state index >= 15 is 0 Å². The lowest BCUT2D eigenvalue weighted by Crippen LogP contribution is -2.05. The SMILES string of the molecule is O=C(/C=C(\Nc1ccccc1)c1ccccc1)c1n[nH]nc1-c1ccccc1. The van der Waals surface area contributed by atoms with Gasteiger partial charge in [0.15, 0.2) is 5.69 Å². The van der Waals surface area contributed by atoms with E-state index in [-0.39, 0.29) is 11.5 Å². The number of nitrogens with one attached hydrogen (secondary N) is 2. The van der Waals surface area contributed by atoms with Crippen LogP contribution in [0.1, 0.15) is 16.1 Å². The number of aromatic nitrogens is 3. The number of anilines is 1. The van der Waals surface area contributed by atoms with Crippen LogP contribution in [-0.4, -0.2) is 21.2 Å². The first-order valence-electron chi connectivity index (χ1n) is 8.91. The van der Waals surface area contributed by atoms with E-state index in [0.717, 1.165) is 16.8 Å². The molecule has 5 nitrogen and oxygen atoms in total. The van der Waals surface area contributed by atoms with Crippen LogP contribution in [0.5, 0.6) is 0 Å². The molecule has 0 spiro atoms. The second-order valence-electron chi connectivity index (χ2n) is 6.17. The summed E-state index contributed by atoms with van der Waals surface area (Å²) in [6.45, 7) is 0. The molecule has 4 rings (SSSR count). The Bertz CT molecular complexity index is 1090. The average Bonchev–Trinajstić information content (AvgIpc) is 3.25. The number of carbonyl (C=O) groups is 1. The van der Waals surface area contributed by atoms with Crippen molar-refractivity contribution in [2.75, 3.05) is 5.32 Å². The van der Waals surface area contributed by atoms with Crippen molar-refractivity contribution in [1.82, 2.24) is 15.4 Å². The lowest BCUT2D eigenvalue weighted by atomic mass is 10.1. The van der Waals surface area contributed by atoms with Gasteiger partial charge in [0.05, 0.1) is 0 Å². The van der Waals surface area contributed by atoms with E-state index in [9.17, 15) is 4.79 Å². The number of rotatable bonds is 6. The summed E-state index contributed by atoms with van der Waals surface area (Å²) in [5.41, 5.74) is 4.16. The summed E-state index contributed by atoms with van der Waals surface area (Å²) < 4.78 is 0. The first kappa shape index (κ1) is 17.4. The largest absolute Gasteiger partial charge is 0.355 e. The van der Waals surface area contributed by atoms with Crippen LogP contribution in [0.4, 0.5) is 5.69 Å². The Kier molecular flexibility index (Phi) is 5.06. The minimum absolute atomic E-state index is 0.227. The maximum atomic E-state index is 13.0. The highest BCUT2D eigenvalue weighted by Crippen LogP contribution is 2.23. The molecule has 1 aromatic heterocycles. The minimum atomic E-state index is -0.227. The van der Waals surface area contributed by atoms with Gasteiger partial charge in [-0.2, -0.15) is 15.4 Å². The first-order chi connectivity index (χ1) is 13.8. The molecule has 0 aliphatic rings. The lowest BCUT2D eigenvalue weighted by molar-refractivity contribution is 0.104. The second-order valence-corrected chi connectivity index (χ2v) is 6.17. The van der Waals surface area contributed by atoms with Crippen LogP contribution in [0.3, 0.4) is 0 Å². The number of hydrogen-bond donors (Lipinski definition) is 2. The molecule has 136 valence electrons. The quantitative estimate of drug-likeness (QED) is 0.380. The number of para-hydroxylation sites is 1. The molecule has 3 aromatic carbocycles. The van der Waals surface area contributed by atoms with Crippen LogP contribution in [0, 0.1) is 0 Å². The third kappa shape index (κ3) is 3.88. The molecule has 4 aromatic rings.